The van der Waals surface area contributed by atoms with Crippen molar-refractivity contribution in [2.75, 3.05) is 26.2 Å². The average Bonchev–Trinajstić information content (AvgIpc) is 2.48. The lowest BCUT2D eigenvalue weighted by Gasteiger charge is -2.26. The molecule has 1 aliphatic rings. The Morgan fingerprint density at radius 2 is 2.40 bits per heavy atom. The van der Waals surface area contributed by atoms with E-state index >= 15 is 0 Å². The van der Waals surface area contributed by atoms with Crippen molar-refractivity contribution in [2.45, 2.75) is 19.3 Å². The van der Waals surface area contributed by atoms with Crippen LogP contribution in [0.2, 0.25) is 0 Å². The van der Waals surface area contributed by atoms with Gasteiger partial charge < -0.3 is 15.0 Å². The van der Waals surface area contributed by atoms with Gasteiger partial charge in [-0.25, -0.2) is 4.79 Å². The lowest BCUT2D eigenvalue weighted by molar-refractivity contribution is -0.121. The van der Waals surface area contributed by atoms with Gasteiger partial charge in [0.25, 0.3) is 0 Å². The highest BCUT2D eigenvalue weighted by Crippen LogP contribution is 2.03. The first-order valence-electron chi connectivity index (χ1n) is 6.83. The van der Waals surface area contributed by atoms with E-state index in [0.29, 0.717) is 39.1 Å². The first kappa shape index (κ1) is 14.3. The zero-order valence-electron chi connectivity index (χ0n) is 11.4. The molecule has 1 N–H and O–H groups in total. The van der Waals surface area contributed by atoms with Crippen LogP contribution in [0.15, 0.2) is 24.5 Å². The van der Waals surface area contributed by atoms with Crippen molar-refractivity contribution in [3.05, 3.63) is 30.1 Å². The highest BCUT2D eigenvalue weighted by molar-refractivity contribution is 5.76. The maximum atomic E-state index is 11.7. The Labute approximate surface area is 118 Å². The lowest BCUT2D eigenvalue weighted by atomic mass is 10.1. The number of rotatable bonds is 6. The van der Waals surface area contributed by atoms with Gasteiger partial charge in [-0.1, -0.05) is 6.07 Å². The van der Waals surface area contributed by atoms with Crippen LogP contribution < -0.4 is 5.32 Å². The molecule has 1 saturated heterocycles. The Morgan fingerprint density at radius 1 is 1.50 bits per heavy atom. The van der Waals surface area contributed by atoms with Crippen LogP contribution in [0.4, 0.5) is 4.79 Å². The summed E-state index contributed by atoms with van der Waals surface area (Å²) in [5.74, 6) is -0.0146. The fourth-order valence-electron chi connectivity index (χ4n) is 2.02. The number of cyclic esters (lactones) is 1. The fourth-order valence-corrected chi connectivity index (χ4v) is 2.02. The van der Waals surface area contributed by atoms with Gasteiger partial charge in [0, 0.05) is 38.4 Å². The van der Waals surface area contributed by atoms with Gasteiger partial charge >= 0.3 is 6.09 Å². The van der Waals surface area contributed by atoms with E-state index in [4.69, 9.17) is 4.74 Å². The average molecular weight is 277 g/mol. The molecule has 0 atom stereocenters. The number of pyridine rings is 1. The molecular weight excluding hydrogens is 258 g/mol. The molecule has 20 heavy (non-hydrogen) atoms. The zero-order chi connectivity index (χ0) is 14.2. The molecule has 0 bridgehead atoms. The van der Waals surface area contributed by atoms with Crippen molar-refractivity contribution >= 4 is 12.0 Å². The van der Waals surface area contributed by atoms with Crippen LogP contribution in [0.3, 0.4) is 0 Å². The van der Waals surface area contributed by atoms with Crippen LogP contribution in [0.5, 0.6) is 0 Å². The monoisotopic (exact) mass is 277 g/mol. The number of amides is 2. The van der Waals surface area contributed by atoms with Gasteiger partial charge in [0.15, 0.2) is 0 Å². The number of nitrogens with zero attached hydrogens (tertiary/aromatic N) is 2. The van der Waals surface area contributed by atoms with E-state index in [1.807, 2.05) is 12.1 Å². The maximum absolute atomic E-state index is 11.7. The van der Waals surface area contributed by atoms with E-state index in [0.717, 1.165) is 12.0 Å². The van der Waals surface area contributed by atoms with Crippen LogP contribution in [0.25, 0.3) is 0 Å². The molecule has 0 radical (unpaired) electrons. The molecular formula is C14H19N3O3. The normalized spacial score (nSPS) is 14.8. The second kappa shape index (κ2) is 7.47. The molecule has 1 aromatic rings. The van der Waals surface area contributed by atoms with Crippen molar-refractivity contribution in [3.63, 3.8) is 0 Å². The van der Waals surface area contributed by atoms with Crippen molar-refractivity contribution in [1.29, 1.82) is 0 Å². The van der Waals surface area contributed by atoms with Gasteiger partial charge in [-0.05, 0) is 24.5 Å². The molecule has 1 fully saturated rings. The number of hydrogen-bond acceptors (Lipinski definition) is 4. The van der Waals surface area contributed by atoms with E-state index in [1.165, 1.54) is 0 Å². The SMILES string of the molecule is O=C(CCc1cccnc1)NCCN1CCCOC1=O. The molecule has 2 amide bonds. The molecule has 0 spiro atoms. The molecule has 2 heterocycles. The van der Waals surface area contributed by atoms with Gasteiger partial charge in [0.2, 0.25) is 5.91 Å². The van der Waals surface area contributed by atoms with Crippen molar-refractivity contribution < 1.29 is 14.3 Å². The van der Waals surface area contributed by atoms with E-state index in [-0.39, 0.29) is 12.0 Å². The third kappa shape index (κ3) is 4.53. The van der Waals surface area contributed by atoms with Gasteiger partial charge in [-0.2, -0.15) is 0 Å². The quantitative estimate of drug-likeness (QED) is 0.841. The van der Waals surface area contributed by atoms with Crippen LogP contribution in [-0.2, 0) is 16.0 Å². The molecule has 1 aliphatic heterocycles. The Balaban J connectivity index is 1.61. The summed E-state index contributed by atoms with van der Waals surface area (Å²) >= 11 is 0. The Bertz CT molecular complexity index is 450. The number of aromatic nitrogens is 1. The molecule has 1 aromatic heterocycles. The van der Waals surface area contributed by atoms with Crippen LogP contribution in [0.1, 0.15) is 18.4 Å². The summed E-state index contributed by atoms with van der Waals surface area (Å²) in [6, 6.07) is 3.80. The molecule has 6 heteroatoms. The summed E-state index contributed by atoms with van der Waals surface area (Å²) in [5, 5.41) is 2.81. The minimum atomic E-state index is -0.291. The van der Waals surface area contributed by atoms with Gasteiger partial charge in [-0.3, -0.25) is 9.78 Å². The third-order valence-electron chi connectivity index (χ3n) is 3.12. The highest BCUT2D eigenvalue weighted by atomic mass is 16.6. The van der Waals surface area contributed by atoms with E-state index in [2.05, 4.69) is 10.3 Å². The molecule has 2 rings (SSSR count). The highest BCUT2D eigenvalue weighted by Gasteiger charge is 2.18. The first-order chi connectivity index (χ1) is 9.75. The number of aryl methyl sites for hydroxylation is 1. The predicted molar refractivity (Wildman–Crippen MR) is 73.1 cm³/mol. The standard InChI is InChI=1S/C14H19N3O3/c18-13(5-4-12-3-1-6-15-11-12)16-7-9-17-8-2-10-20-14(17)19/h1,3,6,11H,2,4-5,7-10H2,(H,16,18). The van der Waals surface area contributed by atoms with Crippen molar-refractivity contribution in [1.82, 2.24) is 15.2 Å². The summed E-state index contributed by atoms with van der Waals surface area (Å²) in [4.78, 5) is 28.7. The minimum Gasteiger partial charge on any atom is -0.449 e. The van der Waals surface area contributed by atoms with Gasteiger partial charge in [0.05, 0.1) is 6.61 Å². The number of carbonyl (C=O) groups is 2. The molecule has 0 saturated carbocycles. The number of carbonyl (C=O) groups excluding carboxylic acids is 2. The van der Waals surface area contributed by atoms with E-state index < -0.39 is 0 Å². The van der Waals surface area contributed by atoms with Crippen molar-refractivity contribution in [2.24, 2.45) is 0 Å². The van der Waals surface area contributed by atoms with Crippen LogP contribution >= 0.6 is 0 Å². The predicted octanol–water partition coefficient (Wildman–Crippen LogP) is 0.973. The summed E-state index contributed by atoms with van der Waals surface area (Å²) in [6.07, 6.45) is 5.13. The molecule has 108 valence electrons. The van der Waals surface area contributed by atoms with Crippen LogP contribution in [0, 0.1) is 0 Å². The zero-order valence-corrected chi connectivity index (χ0v) is 11.4. The van der Waals surface area contributed by atoms with E-state index in [9.17, 15) is 9.59 Å². The largest absolute Gasteiger partial charge is 0.449 e. The Morgan fingerprint density at radius 3 is 3.15 bits per heavy atom. The smallest absolute Gasteiger partial charge is 0.409 e. The summed E-state index contributed by atoms with van der Waals surface area (Å²) in [7, 11) is 0. The summed E-state index contributed by atoms with van der Waals surface area (Å²) in [5.41, 5.74) is 1.04. The molecule has 0 aliphatic carbocycles. The number of hydrogen-bond donors (Lipinski definition) is 1. The molecule has 6 nitrogen and oxygen atoms in total. The van der Waals surface area contributed by atoms with Crippen molar-refractivity contribution in [3.8, 4) is 0 Å². The minimum absolute atomic E-state index is 0.0146. The Kier molecular flexibility index (Phi) is 5.34. The second-order valence-electron chi connectivity index (χ2n) is 4.67. The Hall–Kier alpha value is -2.11. The topological polar surface area (TPSA) is 71.5 Å². The third-order valence-corrected chi connectivity index (χ3v) is 3.12. The fraction of sp³-hybridized carbons (Fsp3) is 0.500. The van der Waals surface area contributed by atoms with E-state index in [1.54, 1.807) is 17.3 Å². The number of ether oxygens (including phenoxy) is 1. The van der Waals surface area contributed by atoms with Gasteiger partial charge in [0.1, 0.15) is 0 Å². The van der Waals surface area contributed by atoms with Gasteiger partial charge in [-0.15, -0.1) is 0 Å². The molecule has 0 unspecified atom stereocenters. The maximum Gasteiger partial charge on any atom is 0.409 e. The summed E-state index contributed by atoms with van der Waals surface area (Å²) in [6.45, 7) is 2.15. The first-order valence-corrected chi connectivity index (χ1v) is 6.83. The number of nitrogens with one attached hydrogen (secondary N) is 1. The summed E-state index contributed by atoms with van der Waals surface area (Å²) < 4.78 is 4.92. The second-order valence-corrected chi connectivity index (χ2v) is 4.67. The molecule has 0 aromatic carbocycles. The van der Waals surface area contributed by atoms with Crippen LogP contribution in [-0.4, -0.2) is 48.1 Å². The lowest BCUT2D eigenvalue weighted by Crippen LogP contribution is -2.42.